The van der Waals surface area contributed by atoms with Gasteiger partial charge in [0.2, 0.25) is 0 Å². The van der Waals surface area contributed by atoms with E-state index in [4.69, 9.17) is 10.4 Å². The van der Waals surface area contributed by atoms with Crippen LogP contribution in [0.2, 0.25) is 0 Å². The molecule has 1 saturated heterocycles. The molecule has 7 nitrogen and oxygen atoms in total. The van der Waals surface area contributed by atoms with Crippen molar-refractivity contribution in [3.8, 4) is 5.75 Å². The molecule has 1 aliphatic rings. The van der Waals surface area contributed by atoms with E-state index in [2.05, 4.69) is 28.9 Å². The number of aromatic amines is 1. The van der Waals surface area contributed by atoms with Gasteiger partial charge in [-0.3, -0.25) is 4.79 Å². The van der Waals surface area contributed by atoms with Crippen LogP contribution in [-0.2, 0) is 0 Å². The van der Waals surface area contributed by atoms with Crippen molar-refractivity contribution in [3.05, 3.63) is 46.0 Å². The van der Waals surface area contributed by atoms with Gasteiger partial charge < -0.3 is 20.4 Å². The number of hydrogen-bond acceptors (Lipinski definition) is 7. The summed E-state index contributed by atoms with van der Waals surface area (Å²) in [5, 5.41) is 11.5. The molecular formula is C27H40F3N5O2S. The summed E-state index contributed by atoms with van der Waals surface area (Å²) >= 11 is 1.21. The molecule has 0 amide bonds. The maximum Gasteiger partial charge on any atom is 0.573 e. The van der Waals surface area contributed by atoms with Crippen molar-refractivity contribution in [2.75, 3.05) is 18.4 Å². The molecule has 0 spiro atoms. The van der Waals surface area contributed by atoms with E-state index in [1.807, 2.05) is 18.2 Å². The third-order valence-electron chi connectivity index (χ3n) is 6.13. The van der Waals surface area contributed by atoms with E-state index in [9.17, 15) is 18.0 Å². The maximum absolute atomic E-state index is 13.0. The predicted octanol–water partition coefficient (Wildman–Crippen LogP) is 7.35. The Morgan fingerprint density at radius 3 is 2.66 bits per heavy atom. The van der Waals surface area contributed by atoms with E-state index >= 15 is 0 Å². The van der Waals surface area contributed by atoms with Crippen LogP contribution in [-0.4, -0.2) is 45.5 Å². The van der Waals surface area contributed by atoms with Gasteiger partial charge in [0.05, 0.1) is 4.90 Å². The van der Waals surface area contributed by atoms with Gasteiger partial charge in [-0.25, -0.2) is 9.29 Å². The van der Waals surface area contributed by atoms with Crippen LogP contribution in [0, 0.1) is 5.41 Å². The average molecular weight is 556 g/mol. The number of unbranched alkanes of at least 4 members (excludes halogenated alkanes) is 1. The fourth-order valence-corrected chi connectivity index (χ4v) is 5.37. The molecule has 2 unspecified atom stereocenters. The van der Waals surface area contributed by atoms with Gasteiger partial charge in [0, 0.05) is 30.8 Å². The number of H-pyrrole nitrogens is 1. The molecule has 0 aliphatic carbocycles. The molecule has 11 heteroatoms. The lowest BCUT2D eigenvalue weighted by atomic mass is 9.98. The third-order valence-corrected chi connectivity index (χ3v) is 7.25. The summed E-state index contributed by atoms with van der Waals surface area (Å²) in [7, 11) is 0. The van der Waals surface area contributed by atoms with Crippen LogP contribution in [0.4, 0.5) is 19.0 Å². The first-order chi connectivity index (χ1) is 18.1. The van der Waals surface area contributed by atoms with Crippen molar-refractivity contribution in [1.29, 1.82) is 5.41 Å². The zero-order chi connectivity index (χ0) is 28.3. The van der Waals surface area contributed by atoms with Crippen LogP contribution in [0.5, 0.6) is 5.75 Å². The number of rotatable bonds is 11. The minimum atomic E-state index is -4.77. The highest BCUT2D eigenvalue weighted by Gasteiger charge is 2.33. The van der Waals surface area contributed by atoms with E-state index in [0.717, 1.165) is 38.5 Å². The highest BCUT2D eigenvalue weighted by molar-refractivity contribution is 7.97. The summed E-state index contributed by atoms with van der Waals surface area (Å²) in [6.45, 7) is 11.0. The smallest absolute Gasteiger partial charge is 0.405 e. The van der Waals surface area contributed by atoms with Crippen LogP contribution in [0.15, 0.2) is 34.0 Å². The molecule has 2 aromatic rings. The molecule has 0 radical (unpaired) electrons. The highest BCUT2D eigenvalue weighted by Crippen LogP contribution is 2.38. The largest absolute Gasteiger partial charge is 0.573 e. The lowest BCUT2D eigenvalue weighted by Crippen LogP contribution is -2.33. The third kappa shape index (κ3) is 9.34. The van der Waals surface area contributed by atoms with Crippen molar-refractivity contribution in [2.45, 2.75) is 96.4 Å². The summed E-state index contributed by atoms with van der Waals surface area (Å²) in [6.07, 6.45) is 0.746. The summed E-state index contributed by atoms with van der Waals surface area (Å²) < 4.78 is 44.6. The van der Waals surface area contributed by atoms with Crippen LogP contribution in [0.1, 0.15) is 90.4 Å². The Morgan fingerprint density at radius 2 is 2.03 bits per heavy atom. The second-order valence-corrected chi connectivity index (χ2v) is 10.1. The minimum Gasteiger partial charge on any atom is -0.405 e. The van der Waals surface area contributed by atoms with E-state index in [1.54, 1.807) is 19.1 Å². The quantitative estimate of drug-likeness (QED) is 0.198. The van der Waals surface area contributed by atoms with Gasteiger partial charge in [-0.15, -0.1) is 13.2 Å². The monoisotopic (exact) mass is 555 g/mol. The lowest BCUT2D eigenvalue weighted by Gasteiger charge is -2.31. The number of benzene rings is 1. The molecule has 3 rings (SSSR count). The fraction of sp³-hybridized carbons (Fsp3) is 0.593. The summed E-state index contributed by atoms with van der Waals surface area (Å²) in [4.78, 5) is 21.0. The molecule has 1 aromatic heterocycles. The zero-order valence-electron chi connectivity index (χ0n) is 22.9. The summed E-state index contributed by atoms with van der Waals surface area (Å²) in [6, 6.07) is 6.22. The Kier molecular flexibility index (Phi) is 12.6. The summed E-state index contributed by atoms with van der Waals surface area (Å²) in [5.41, 5.74) is 0.0354. The van der Waals surface area contributed by atoms with E-state index in [0.29, 0.717) is 29.6 Å². The predicted molar refractivity (Wildman–Crippen MR) is 148 cm³/mol. The van der Waals surface area contributed by atoms with Crippen LogP contribution >= 0.6 is 11.9 Å². The van der Waals surface area contributed by atoms with E-state index < -0.39 is 6.36 Å². The van der Waals surface area contributed by atoms with Crippen molar-refractivity contribution in [2.24, 2.45) is 0 Å². The summed E-state index contributed by atoms with van der Waals surface area (Å²) in [5.74, 6) is 0.616. The van der Waals surface area contributed by atoms with Gasteiger partial charge in [0.1, 0.15) is 23.0 Å². The minimum absolute atomic E-state index is 0.106. The second kappa shape index (κ2) is 15.2. The molecule has 1 fully saturated rings. The Hall–Kier alpha value is -2.53. The number of nitrogens with zero attached hydrogens (tertiary/aromatic N) is 2. The van der Waals surface area contributed by atoms with Gasteiger partial charge in [-0.05, 0) is 56.7 Å². The van der Waals surface area contributed by atoms with Gasteiger partial charge >= 0.3 is 6.36 Å². The number of alkyl halides is 3. The number of halogens is 3. The molecule has 3 N–H and O–H groups in total. The van der Waals surface area contributed by atoms with Crippen molar-refractivity contribution >= 4 is 23.5 Å². The standard InChI is InChI=1S/C25H34F3N5O2S.C2H6/c1-4-6-11-18(5-2)30-23-21(16(3)29)24(34)32-22(31-23)17-10-9-14-33(15-17)36-20-13-8-7-12-19(20)35-25(26,27)28;1-2/h7-8,12-13,17-18,29H,4-6,9-11,14-15H2,1-3H3,(H2,30,31,32,34);1-2H3. The molecule has 0 saturated carbocycles. The van der Waals surface area contributed by atoms with Gasteiger partial charge in [-0.1, -0.05) is 52.7 Å². The number of piperidine rings is 1. The highest BCUT2D eigenvalue weighted by atomic mass is 32.2. The van der Waals surface area contributed by atoms with Crippen LogP contribution in [0.25, 0.3) is 0 Å². The fourth-order valence-electron chi connectivity index (χ4n) is 4.28. The number of anilines is 1. The Bertz CT molecular complexity index is 1090. The molecule has 1 aliphatic heterocycles. The van der Waals surface area contributed by atoms with Crippen molar-refractivity contribution in [3.63, 3.8) is 0 Å². The van der Waals surface area contributed by atoms with Crippen molar-refractivity contribution in [1.82, 2.24) is 14.3 Å². The van der Waals surface area contributed by atoms with Gasteiger partial charge in [0.15, 0.2) is 0 Å². The average Bonchev–Trinajstić information content (AvgIpc) is 2.87. The molecule has 2 atom stereocenters. The number of ether oxygens (including phenoxy) is 1. The van der Waals surface area contributed by atoms with E-state index in [-0.39, 0.29) is 34.5 Å². The molecule has 2 heterocycles. The Labute approximate surface area is 227 Å². The van der Waals surface area contributed by atoms with Crippen LogP contribution < -0.4 is 15.6 Å². The van der Waals surface area contributed by atoms with Gasteiger partial charge in [0.25, 0.3) is 5.56 Å². The molecule has 0 bridgehead atoms. The zero-order valence-corrected chi connectivity index (χ0v) is 23.7. The first-order valence-corrected chi connectivity index (χ1v) is 14.1. The van der Waals surface area contributed by atoms with E-state index in [1.165, 1.54) is 24.1 Å². The second-order valence-electron chi connectivity index (χ2n) is 9.00. The molecular weight excluding hydrogens is 515 g/mol. The number of nitrogens with one attached hydrogen (secondary N) is 3. The molecule has 212 valence electrons. The topological polar surface area (TPSA) is 94.1 Å². The number of aromatic nitrogens is 2. The first-order valence-electron chi connectivity index (χ1n) is 13.3. The normalized spacial score (nSPS) is 16.8. The Morgan fingerprint density at radius 1 is 1.32 bits per heavy atom. The Balaban J connectivity index is 0.00000247. The molecule has 38 heavy (non-hydrogen) atoms. The lowest BCUT2D eigenvalue weighted by molar-refractivity contribution is -0.275. The van der Waals surface area contributed by atoms with Gasteiger partial charge in [-0.2, -0.15) is 0 Å². The van der Waals surface area contributed by atoms with Crippen molar-refractivity contribution < 1.29 is 17.9 Å². The molecule has 1 aromatic carbocycles. The number of hydrogen-bond donors (Lipinski definition) is 3. The maximum atomic E-state index is 13.0. The first kappa shape index (κ1) is 31.7. The SMILES string of the molecule is CC.CCCCC(CC)Nc1nc(C2CCCN(Sc3ccccc3OC(F)(F)F)C2)[nH]c(=O)c1C(C)=N. The van der Waals surface area contributed by atoms with Crippen LogP contribution in [0.3, 0.4) is 0 Å². The number of para-hydroxylation sites is 1.